The fraction of sp³-hybridized carbons (Fsp3) is 0.792. The van der Waals surface area contributed by atoms with Crippen molar-refractivity contribution in [1.29, 1.82) is 0 Å². The second-order valence-corrected chi connectivity index (χ2v) is 7.80. The van der Waals surface area contributed by atoms with Crippen LogP contribution in [0.5, 0.6) is 0 Å². The molecule has 1 aromatic heterocycles. The Morgan fingerprint density at radius 2 is 1.16 bits per heavy atom. The lowest BCUT2D eigenvalue weighted by molar-refractivity contribution is -0.697. The highest BCUT2D eigenvalue weighted by Gasteiger charge is 2.03. The second kappa shape index (κ2) is 16.6. The maximum Gasteiger partial charge on any atom is 0.171 e. The minimum atomic E-state index is 1.19. The van der Waals surface area contributed by atoms with Crippen LogP contribution in [0.3, 0.4) is 0 Å². The van der Waals surface area contributed by atoms with Gasteiger partial charge in [0.05, 0.1) is 0 Å². The van der Waals surface area contributed by atoms with Crippen molar-refractivity contribution in [2.24, 2.45) is 0 Å². The van der Waals surface area contributed by atoms with Crippen molar-refractivity contribution in [3.8, 4) is 0 Å². The van der Waals surface area contributed by atoms with Gasteiger partial charge in [-0.05, 0) is 25.3 Å². The Morgan fingerprint density at radius 3 is 1.76 bits per heavy atom. The molecule has 0 atom stereocenters. The summed E-state index contributed by atoms with van der Waals surface area (Å²) in [4.78, 5) is 0. The van der Waals surface area contributed by atoms with E-state index in [9.17, 15) is 0 Å². The first-order chi connectivity index (χ1) is 12.4. The van der Waals surface area contributed by atoms with Gasteiger partial charge in [0.25, 0.3) is 0 Å². The fourth-order valence-electron chi connectivity index (χ4n) is 3.58. The first-order valence-corrected chi connectivity index (χ1v) is 11.3. The molecule has 0 aliphatic rings. The van der Waals surface area contributed by atoms with E-state index in [2.05, 4.69) is 42.9 Å². The van der Waals surface area contributed by atoms with Gasteiger partial charge in [-0.1, -0.05) is 90.9 Å². The quantitative estimate of drug-likeness (QED) is 0.204. The zero-order valence-corrected chi connectivity index (χ0v) is 17.3. The van der Waals surface area contributed by atoms with Crippen LogP contribution in [0, 0.1) is 0 Å². The van der Waals surface area contributed by atoms with Gasteiger partial charge in [-0.15, -0.1) is 0 Å². The molecule has 0 aliphatic heterocycles. The third-order valence-electron chi connectivity index (χ3n) is 5.26. The molecule has 0 N–H and O–H groups in total. The SMILES string of the molecule is CCCCCCCCCCCc1ccc[n+](CCCCCCCC)c1. The topological polar surface area (TPSA) is 3.88 Å². The van der Waals surface area contributed by atoms with E-state index >= 15 is 0 Å². The standard InChI is InChI=1S/C24H44N/c1-3-5-7-9-11-12-13-14-16-19-24-20-18-22-25(23-24)21-17-15-10-8-6-4-2/h18,20,22-23H,3-17,19,21H2,1-2H3/q+1. The Balaban J connectivity index is 2.04. The monoisotopic (exact) mass is 346 g/mol. The van der Waals surface area contributed by atoms with Crippen molar-refractivity contribution in [3.05, 3.63) is 30.1 Å². The molecule has 0 aromatic carbocycles. The minimum Gasteiger partial charge on any atom is -0.205 e. The van der Waals surface area contributed by atoms with Gasteiger partial charge in [-0.25, -0.2) is 4.57 Å². The first-order valence-electron chi connectivity index (χ1n) is 11.3. The molecule has 0 aliphatic carbocycles. The lowest BCUT2D eigenvalue weighted by atomic mass is 10.0. The molecule has 0 saturated carbocycles. The van der Waals surface area contributed by atoms with E-state index in [0.717, 1.165) is 0 Å². The van der Waals surface area contributed by atoms with Crippen LogP contribution in [0.25, 0.3) is 0 Å². The summed E-state index contributed by atoms with van der Waals surface area (Å²) in [6, 6.07) is 4.54. The van der Waals surface area contributed by atoms with E-state index in [1.807, 2.05) is 0 Å². The number of nitrogens with zero attached hydrogens (tertiary/aromatic N) is 1. The van der Waals surface area contributed by atoms with Crippen LogP contribution in [0.1, 0.15) is 116 Å². The summed E-state index contributed by atoms with van der Waals surface area (Å²) < 4.78 is 2.41. The Hall–Kier alpha value is -0.850. The van der Waals surface area contributed by atoms with Crippen molar-refractivity contribution >= 4 is 0 Å². The van der Waals surface area contributed by atoms with Gasteiger partial charge < -0.3 is 0 Å². The number of pyridine rings is 1. The van der Waals surface area contributed by atoms with Crippen LogP contribution < -0.4 is 4.57 Å². The Bertz CT molecular complexity index is 399. The molecule has 1 heteroatoms. The van der Waals surface area contributed by atoms with Gasteiger partial charge in [0.1, 0.15) is 6.54 Å². The molecule has 0 amide bonds. The zero-order valence-electron chi connectivity index (χ0n) is 17.3. The molecule has 0 fully saturated rings. The van der Waals surface area contributed by atoms with Gasteiger partial charge in [0.2, 0.25) is 0 Å². The lowest BCUT2D eigenvalue weighted by Gasteiger charge is -2.03. The highest BCUT2D eigenvalue weighted by molar-refractivity contribution is 5.05. The van der Waals surface area contributed by atoms with Crippen LogP contribution in [-0.4, -0.2) is 0 Å². The third kappa shape index (κ3) is 13.1. The molecule has 1 nitrogen and oxygen atoms in total. The van der Waals surface area contributed by atoms with Crippen LogP contribution >= 0.6 is 0 Å². The van der Waals surface area contributed by atoms with E-state index in [1.165, 1.54) is 115 Å². The normalized spacial score (nSPS) is 11.1. The molecule has 0 saturated heterocycles. The predicted octanol–water partition coefficient (Wildman–Crippen LogP) is 7.41. The number of unbranched alkanes of at least 4 members (excludes halogenated alkanes) is 13. The number of rotatable bonds is 17. The average molecular weight is 347 g/mol. The molecule has 0 spiro atoms. The Labute approximate surface area is 158 Å². The van der Waals surface area contributed by atoms with Crippen molar-refractivity contribution in [1.82, 2.24) is 0 Å². The van der Waals surface area contributed by atoms with Gasteiger partial charge in [0.15, 0.2) is 12.4 Å². The number of aromatic nitrogens is 1. The predicted molar refractivity (Wildman–Crippen MR) is 111 cm³/mol. The van der Waals surface area contributed by atoms with Crippen LogP contribution in [-0.2, 0) is 13.0 Å². The van der Waals surface area contributed by atoms with E-state index in [0.29, 0.717) is 0 Å². The Morgan fingerprint density at radius 1 is 0.640 bits per heavy atom. The van der Waals surface area contributed by atoms with Crippen molar-refractivity contribution in [2.45, 2.75) is 123 Å². The smallest absolute Gasteiger partial charge is 0.171 e. The van der Waals surface area contributed by atoms with E-state index in [1.54, 1.807) is 0 Å². The zero-order chi connectivity index (χ0) is 18.0. The van der Waals surface area contributed by atoms with E-state index in [4.69, 9.17) is 0 Å². The molecule has 0 radical (unpaired) electrons. The van der Waals surface area contributed by atoms with Crippen molar-refractivity contribution in [3.63, 3.8) is 0 Å². The van der Waals surface area contributed by atoms with Crippen LogP contribution in [0.4, 0.5) is 0 Å². The molecule has 0 unspecified atom stereocenters. The van der Waals surface area contributed by atoms with Crippen LogP contribution in [0.2, 0.25) is 0 Å². The number of hydrogen-bond donors (Lipinski definition) is 0. The molecule has 144 valence electrons. The molecule has 0 bridgehead atoms. The lowest BCUT2D eigenvalue weighted by Crippen LogP contribution is -2.33. The highest BCUT2D eigenvalue weighted by Crippen LogP contribution is 2.11. The first kappa shape index (κ1) is 22.2. The summed E-state index contributed by atoms with van der Waals surface area (Å²) in [6.45, 7) is 5.77. The summed E-state index contributed by atoms with van der Waals surface area (Å²) >= 11 is 0. The van der Waals surface area contributed by atoms with Gasteiger partial charge >= 0.3 is 0 Å². The van der Waals surface area contributed by atoms with Gasteiger partial charge in [-0.2, -0.15) is 0 Å². The largest absolute Gasteiger partial charge is 0.205 e. The maximum absolute atomic E-state index is 2.41. The summed E-state index contributed by atoms with van der Waals surface area (Å²) in [5.41, 5.74) is 1.52. The highest BCUT2D eigenvalue weighted by atomic mass is 14.9. The van der Waals surface area contributed by atoms with Gasteiger partial charge in [-0.3, -0.25) is 0 Å². The molecule has 1 rings (SSSR count). The number of hydrogen-bond acceptors (Lipinski definition) is 0. The summed E-state index contributed by atoms with van der Waals surface area (Å²) in [5, 5.41) is 0. The third-order valence-corrected chi connectivity index (χ3v) is 5.26. The number of aryl methyl sites for hydroxylation is 2. The summed E-state index contributed by atoms with van der Waals surface area (Å²) in [5.74, 6) is 0. The van der Waals surface area contributed by atoms with Crippen LogP contribution in [0.15, 0.2) is 24.5 Å². The minimum absolute atomic E-state index is 1.19. The molecule has 1 heterocycles. The average Bonchev–Trinajstić information content (AvgIpc) is 2.63. The second-order valence-electron chi connectivity index (χ2n) is 7.80. The summed E-state index contributed by atoms with van der Waals surface area (Å²) in [6.07, 6.45) is 26.9. The molecular weight excluding hydrogens is 302 g/mol. The summed E-state index contributed by atoms with van der Waals surface area (Å²) in [7, 11) is 0. The van der Waals surface area contributed by atoms with Gasteiger partial charge in [0, 0.05) is 18.1 Å². The molecule has 1 aromatic rings. The molecule has 25 heavy (non-hydrogen) atoms. The van der Waals surface area contributed by atoms with E-state index < -0.39 is 0 Å². The Kier molecular flexibility index (Phi) is 14.7. The molecular formula is C24H44N+. The maximum atomic E-state index is 2.41. The van der Waals surface area contributed by atoms with Crippen molar-refractivity contribution < 1.29 is 4.57 Å². The van der Waals surface area contributed by atoms with E-state index in [-0.39, 0.29) is 0 Å². The fourth-order valence-corrected chi connectivity index (χ4v) is 3.58. The van der Waals surface area contributed by atoms with Crippen molar-refractivity contribution in [2.75, 3.05) is 0 Å².